The van der Waals surface area contributed by atoms with E-state index < -0.39 is 0 Å². The summed E-state index contributed by atoms with van der Waals surface area (Å²) in [5.74, 6) is -0.238. The Balaban J connectivity index is 3.51. The highest BCUT2D eigenvalue weighted by Crippen LogP contribution is 2.08. The fraction of sp³-hybridized carbons (Fsp3) is 0.750. The van der Waals surface area contributed by atoms with Crippen molar-refractivity contribution < 1.29 is 9.53 Å². The molecule has 0 saturated heterocycles. The molecule has 0 bridgehead atoms. The lowest BCUT2D eigenvalue weighted by Crippen LogP contribution is -2.12. The van der Waals surface area contributed by atoms with Crippen LogP contribution in [0.2, 0.25) is 0 Å². The summed E-state index contributed by atoms with van der Waals surface area (Å²) >= 11 is 3.21. The quantitative estimate of drug-likeness (QED) is 0.291. The molecule has 0 heterocycles. The van der Waals surface area contributed by atoms with Crippen LogP contribution in [-0.4, -0.2) is 17.4 Å². The van der Waals surface area contributed by atoms with Gasteiger partial charge in [-0.25, -0.2) is 4.79 Å². The van der Waals surface area contributed by atoms with Crippen molar-refractivity contribution in [3.05, 3.63) is 12.2 Å². The Bertz CT molecular complexity index is 190. The second kappa shape index (κ2) is 10.2. The van der Waals surface area contributed by atoms with E-state index in [0.29, 0.717) is 5.33 Å². The lowest BCUT2D eigenvalue weighted by atomic mass is 10.1. The number of rotatable bonds is 8. The summed E-state index contributed by atoms with van der Waals surface area (Å²) in [6.45, 7) is 4.14. The average molecular weight is 277 g/mol. The summed E-state index contributed by atoms with van der Waals surface area (Å²) in [4.78, 5) is 11.2. The smallest absolute Gasteiger partial charge is 0.330 e. The standard InChI is InChI=1S/C12H21BrO2/c1-3-4-5-6-8-11(2)15-12(14)9-7-10-13/h7,9,11H,3-6,8,10H2,1-2H3/b9-7+/t11-/m1/s1. The molecule has 0 aromatic heterocycles. The molecule has 0 amide bonds. The Morgan fingerprint density at radius 2 is 2.13 bits per heavy atom. The number of ether oxygens (including phenoxy) is 1. The van der Waals surface area contributed by atoms with Gasteiger partial charge in [-0.1, -0.05) is 48.2 Å². The van der Waals surface area contributed by atoms with Crippen molar-refractivity contribution in [1.82, 2.24) is 0 Å². The molecular weight excluding hydrogens is 256 g/mol. The van der Waals surface area contributed by atoms with Gasteiger partial charge in [0.2, 0.25) is 0 Å². The van der Waals surface area contributed by atoms with Crippen LogP contribution in [0.15, 0.2) is 12.2 Å². The van der Waals surface area contributed by atoms with Crippen molar-refractivity contribution in [2.45, 2.75) is 52.1 Å². The lowest BCUT2D eigenvalue weighted by molar-refractivity contribution is -0.142. The number of esters is 1. The van der Waals surface area contributed by atoms with Crippen LogP contribution in [0.1, 0.15) is 46.0 Å². The van der Waals surface area contributed by atoms with Gasteiger partial charge in [0.15, 0.2) is 0 Å². The van der Waals surface area contributed by atoms with Gasteiger partial charge in [-0.05, 0) is 19.8 Å². The van der Waals surface area contributed by atoms with Crippen LogP contribution < -0.4 is 0 Å². The molecule has 15 heavy (non-hydrogen) atoms. The summed E-state index contributed by atoms with van der Waals surface area (Å²) in [5, 5.41) is 0.687. The fourth-order valence-electron chi connectivity index (χ4n) is 1.30. The zero-order valence-corrected chi connectivity index (χ0v) is 11.3. The maximum atomic E-state index is 11.2. The molecule has 0 aliphatic rings. The summed E-state index contributed by atoms with van der Waals surface area (Å²) in [7, 11) is 0. The van der Waals surface area contributed by atoms with Crippen molar-refractivity contribution >= 4 is 21.9 Å². The Morgan fingerprint density at radius 1 is 1.40 bits per heavy atom. The van der Waals surface area contributed by atoms with Crippen molar-refractivity contribution in [3.63, 3.8) is 0 Å². The van der Waals surface area contributed by atoms with E-state index in [-0.39, 0.29) is 12.1 Å². The monoisotopic (exact) mass is 276 g/mol. The van der Waals surface area contributed by atoms with Crippen LogP contribution in [-0.2, 0) is 9.53 Å². The van der Waals surface area contributed by atoms with E-state index in [9.17, 15) is 4.79 Å². The Morgan fingerprint density at radius 3 is 2.73 bits per heavy atom. The molecule has 0 N–H and O–H groups in total. The number of unbranched alkanes of at least 4 members (excludes halogenated alkanes) is 3. The molecule has 0 aromatic rings. The Labute approximate surface area is 101 Å². The third-order valence-corrected chi connectivity index (χ3v) is 2.50. The topological polar surface area (TPSA) is 26.3 Å². The molecular formula is C12H21BrO2. The van der Waals surface area contributed by atoms with Crippen LogP contribution in [0.4, 0.5) is 0 Å². The maximum absolute atomic E-state index is 11.2. The van der Waals surface area contributed by atoms with E-state index in [2.05, 4.69) is 22.9 Å². The highest BCUT2D eigenvalue weighted by molar-refractivity contribution is 9.09. The van der Waals surface area contributed by atoms with E-state index >= 15 is 0 Å². The Kier molecular flexibility index (Phi) is 10.0. The van der Waals surface area contributed by atoms with Gasteiger partial charge in [0.25, 0.3) is 0 Å². The van der Waals surface area contributed by atoms with Crippen LogP contribution in [0.3, 0.4) is 0 Å². The zero-order chi connectivity index (χ0) is 11.5. The minimum Gasteiger partial charge on any atom is -0.460 e. The molecule has 1 atom stereocenters. The van der Waals surface area contributed by atoms with Gasteiger partial charge in [0, 0.05) is 11.4 Å². The van der Waals surface area contributed by atoms with Gasteiger partial charge in [-0.15, -0.1) is 0 Å². The normalized spacial score (nSPS) is 13.0. The first-order chi connectivity index (χ1) is 7.20. The number of hydrogen-bond donors (Lipinski definition) is 0. The van der Waals surface area contributed by atoms with Crippen molar-refractivity contribution in [2.75, 3.05) is 5.33 Å². The molecule has 3 heteroatoms. The Hall–Kier alpha value is -0.310. The summed E-state index contributed by atoms with van der Waals surface area (Å²) in [5.41, 5.74) is 0. The molecule has 2 nitrogen and oxygen atoms in total. The number of allylic oxidation sites excluding steroid dienone is 1. The van der Waals surface area contributed by atoms with Crippen LogP contribution in [0, 0.1) is 0 Å². The predicted octanol–water partition coefficient (Wildman–Crippen LogP) is 3.84. The molecule has 0 unspecified atom stereocenters. The largest absolute Gasteiger partial charge is 0.460 e. The van der Waals surface area contributed by atoms with Crippen LogP contribution >= 0.6 is 15.9 Å². The number of hydrogen-bond acceptors (Lipinski definition) is 2. The SMILES string of the molecule is CCCCCC[C@@H](C)OC(=O)/C=C/CBr. The first kappa shape index (κ1) is 14.7. The molecule has 0 aliphatic heterocycles. The zero-order valence-electron chi connectivity index (χ0n) is 9.67. The fourth-order valence-corrected chi connectivity index (χ4v) is 1.48. The molecule has 0 fully saturated rings. The third-order valence-electron chi connectivity index (χ3n) is 2.12. The number of alkyl halides is 1. The van der Waals surface area contributed by atoms with Crippen molar-refractivity contribution in [3.8, 4) is 0 Å². The predicted molar refractivity (Wildman–Crippen MR) is 67.2 cm³/mol. The van der Waals surface area contributed by atoms with E-state index in [1.165, 1.54) is 25.3 Å². The van der Waals surface area contributed by atoms with Crippen molar-refractivity contribution in [2.24, 2.45) is 0 Å². The summed E-state index contributed by atoms with van der Waals surface area (Å²) in [6.07, 6.45) is 9.10. The maximum Gasteiger partial charge on any atom is 0.330 e. The van der Waals surface area contributed by atoms with Gasteiger partial charge in [-0.3, -0.25) is 0 Å². The van der Waals surface area contributed by atoms with Crippen LogP contribution in [0.25, 0.3) is 0 Å². The number of halogens is 1. The highest BCUT2D eigenvalue weighted by Gasteiger charge is 2.05. The van der Waals surface area contributed by atoms with Gasteiger partial charge in [-0.2, -0.15) is 0 Å². The molecule has 0 saturated carbocycles. The first-order valence-electron chi connectivity index (χ1n) is 5.63. The number of carbonyl (C=O) groups is 1. The van der Waals surface area contributed by atoms with E-state index in [1.807, 2.05) is 6.92 Å². The molecule has 88 valence electrons. The highest BCUT2D eigenvalue weighted by atomic mass is 79.9. The second-order valence-electron chi connectivity index (χ2n) is 3.65. The summed E-state index contributed by atoms with van der Waals surface area (Å²) in [6, 6.07) is 0. The summed E-state index contributed by atoms with van der Waals surface area (Å²) < 4.78 is 5.19. The van der Waals surface area contributed by atoms with E-state index in [4.69, 9.17) is 4.74 Å². The molecule has 0 aliphatic carbocycles. The molecule has 0 radical (unpaired) electrons. The van der Waals surface area contributed by atoms with Crippen LogP contribution in [0.5, 0.6) is 0 Å². The second-order valence-corrected chi connectivity index (χ2v) is 4.30. The lowest BCUT2D eigenvalue weighted by Gasteiger charge is -2.11. The molecule has 0 rings (SSSR count). The van der Waals surface area contributed by atoms with Gasteiger partial charge in [0.1, 0.15) is 0 Å². The minimum absolute atomic E-state index is 0.0364. The minimum atomic E-state index is -0.238. The van der Waals surface area contributed by atoms with E-state index in [1.54, 1.807) is 6.08 Å². The van der Waals surface area contributed by atoms with Crippen molar-refractivity contribution in [1.29, 1.82) is 0 Å². The van der Waals surface area contributed by atoms with Gasteiger partial charge < -0.3 is 4.74 Å². The first-order valence-corrected chi connectivity index (χ1v) is 6.76. The van der Waals surface area contributed by atoms with E-state index in [0.717, 1.165) is 12.8 Å². The molecule has 0 aromatic carbocycles. The third kappa shape index (κ3) is 9.98. The van der Waals surface area contributed by atoms with Gasteiger partial charge in [0.05, 0.1) is 6.10 Å². The van der Waals surface area contributed by atoms with Gasteiger partial charge >= 0.3 is 5.97 Å². The average Bonchev–Trinajstić information content (AvgIpc) is 2.21. The molecule has 0 spiro atoms. The number of carbonyl (C=O) groups excluding carboxylic acids is 1.